The second-order valence-electron chi connectivity index (χ2n) is 6.19. The lowest BCUT2D eigenvalue weighted by atomic mass is 9.98. The molecule has 25 heavy (non-hydrogen) atoms. The van der Waals surface area contributed by atoms with Crippen LogP contribution in [0.3, 0.4) is 0 Å². The van der Waals surface area contributed by atoms with Crippen molar-refractivity contribution in [1.82, 2.24) is 9.97 Å². The van der Waals surface area contributed by atoms with Crippen molar-refractivity contribution in [1.29, 1.82) is 0 Å². The van der Waals surface area contributed by atoms with Crippen LogP contribution in [0.1, 0.15) is 0 Å². The van der Waals surface area contributed by atoms with E-state index in [2.05, 4.69) is 71.7 Å². The minimum Gasteiger partial charge on any atom is -0.344 e. The van der Waals surface area contributed by atoms with E-state index in [4.69, 9.17) is 4.98 Å². The van der Waals surface area contributed by atoms with E-state index >= 15 is 0 Å². The van der Waals surface area contributed by atoms with E-state index in [0.717, 1.165) is 22.6 Å². The van der Waals surface area contributed by atoms with Crippen LogP contribution < -0.4 is 0 Å². The van der Waals surface area contributed by atoms with Crippen LogP contribution in [0.4, 0.5) is 0 Å². The summed E-state index contributed by atoms with van der Waals surface area (Å²) in [6, 6.07) is 29.6. The Morgan fingerprint density at radius 2 is 1.40 bits per heavy atom. The molecule has 2 nitrogen and oxygen atoms in total. The highest BCUT2D eigenvalue weighted by molar-refractivity contribution is 6.11. The lowest BCUT2D eigenvalue weighted by molar-refractivity contribution is 1.32. The first kappa shape index (κ1) is 14.0. The number of nitrogens with zero attached hydrogens (tertiary/aromatic N) is 1. The molecule has 1 aromatic heterocycles. The number of fused-ring (bicyclic) bond motifs is 3. The molecular weight excluding hydrogens is 304 g/mol. The molecule has 4 aromatic carbocycles. The summed E-state index contributed by atoms with van der Waals surface area (Å²) in [4.78, 5) is 8.18. The van der Waals surface area contributed by atoms with Crippen molar-refractivity contribution >= 4 is 21.5 Å². The molecule has 1 heterocycles. The molecule has 0 aliphatic carbocycles. The van der Waals surface area contributed by atoms with Crippen LogP contribution in [0.25, 0.3) is 44.2 Å². The quantitative estimate of drug-likeness (QED) is 0.394. The van der Waals surface area contributed by atoms with Crippen molar-refractivity contribution < 1.29 is 0 Å². The standard InChI is InChI=1S/C23H16N2/c1-2-8-17(9-3-1)22-15-24-23(25-22)21-12-6-11-19-18-10-5-4-7-16(18)13-14-20(19)21/h1-15H,(H,24,25). The van der Waals surface area contributed by atoms with Crippen LogP contribution in [0.15, 0.2) is 91.1 Å². The fourth-order valence-electron chi connectivity index (χ4n) is 3.46. The number of rotatable bonds is 2. The maximum Gasteiger partial charge on any atom is 0.138 e. The Bertz CT molecular complexity index is 1190. The third-order valence-electron chi connectivity index (χ3n) is 4.69. The van der Waals surface area contributed by atoms with Crippen molar-refractivity contribution in [2.75, 3.05) is 0 Å². The van der Waals surface area contributed by atoms with Crippen LogP contribution in [0, 0.1) is 0 Å². The number of hydrogen-bond donors (Lipinski definition) is 1. The average molecular weight is 320 g/mol. The van der Waals surface area contributed by atoms with Crippen molar-refractivity contribution in [2.24, 2.45) is 0 Å². The maximum absolute atomic E-state index is 4.83. The van der Waals surface area contributed by atoms with Crippen LogP contribution in [0.5, 0.6) is 0 Å². The Labute approximate surface area is 145 Å². The Hall–Kier alpha value is -3.39. The molecule has 0 saturated carbocycles. The highest BCUT2D eigenvalue weighted by Gasteiger charge is 2.10. The van der Waals surface area contributed by atoms with Gasteiger partial charge in [0.25, 0.3) is 0 Å². The molecule has 0 fully saturated rings. The molecule has 5 aromatic rings. The number of aromatic amines is 1. The fraction of sp³-hybridized carbons (Fsp3) is 0. The Morgan fingerprint density at radius 1 is 0.600 bits per heavy atom. The topological polar surface area (TPSA) is 28.7 Å². The van der Waals surface area contributed by atoms with Crippen LogP contribution >= 0.6 is 0 Å². The van der Waals surface area contributed by atoms with Gasteiger partial charge in [-0.05, 0) is 21.5 Å². The molecular formula is C23H16N2. The van der Waals surface area contributed by atoms with E-state index in [1.54, 1.807) is 0 Å². The van der Waals surface area contributed by atoms with E-state index in [1.165, 1.54) is 21.5 Å². The van der Waals surface area contributed by atoms with Gasteiger partial charge in [0.1, 0.15) is 5.82 Å². The molecule has 118 valence electrons. The van der Waals surface area contributed by atoms with Crippen LogP contribution in [0.2, 0.25) is 0 Å². The summed E-state index contributed by atoms with van der Waals surface area (Å²) in [5.41, 5.74) is 3.22. The molecule has 0 aliphatic rings. The summed E-state index contributed by atoms with van der Waals surface area (Å²) in [5.74, 6) is 0.903. The third kappa shape index (κ3) is 2.31. The molecule has 5 rings (SSSR count). The summed E-state index contributed by atoms with van der Waals surface area (Å²) < 4.78 is 0. The zero-order chi connectivity index (χ0) is 16.6. The lowest BCUT2D eigenvalue weighted by Crippen LogP contribution is -1.85. The number of hydrogen-bond acceptors (Lipinski definition) is 1. The fourth-order valence-corrected chi connectivity index (χ4v) is 3.46. The van der Waals surface area contributed by atoms with Gasteiger partial charge in [-0.2, -0.15) is 0 Å². The van der Waals surface area contributed by atoms with E-state index < -0.39 is 0 Å². The minimum atomic E-state index is 0.903. The number of H-pyrrole nitrogens is 1. The first-order valence-corrected chi connectivity index (χ1v) is 8.42. The van der Waals surface area contributed by atoms with Gasteiger partial charge >= 0.3 is 0 Å². The summed E-state index contributed by atoms with van der Waals surface area (Å²) in [7, 11) is 0. The molecule has 0 radical (unpaired) electrons. The van der Waals surface area contributed by atoms with Crippen LogP contribution in [-0.2, 0) is 0 Å². The molecule has 0 aliphatic heterocycles. The summed E-state index contributed by atoms with van der Waals surface area (Å²) in [5, 5.41) is 5.01. The van der Waals surface area contributed by atoms with Gasteiger partial charge in [-0.1, -0.05) is 84.9 Å². The van der Waals surface area contributed by atoms with Gasteiger partial charge in [0.2, 0.25) is 0 Å². The lowest BCUT2D eigenvalue weighted by Gasteiger charge is -2.07. The largest absolute Gasteiger partial charge is 0.344 e. The molecule has 0 spiro atoms. The molecule has 0 amide bonds. The molecule has 1 N–H and O–H groups in total. The second kappa shape index (κ2) is 5.60. The monoisotopic (exact) mass is 320 g/mol. The maximum atomic E-state index is 4.83. The number of aromatic nitrogens is 2. The van der Waals surface area contributed by atoms with Gasteiger partial charge in [0, 0.05) is 17.3 Å². The molecule has 0 unspecified atom stereocenters. The first-order chi connectivity index (χ1) is 12.4. The normalized spacial score (nSPS) is 11.2. The zero-order valence-corrected chi connectivity index (χ0v) is 13.6. The smallest absolute Gasteiger partial charge is 0.138 e. The predicted octanol–water partition coefficient (Wildman–Crippen LogP) is 6.05. The Morgan fingerprint density at radius 3 is 2.32 bits per heavy atom. The molecule has 0 atom stereocenters. The van der Waals surface area contributed by atoms with Crippen molar-refractivity contribution in [3.05, 3.63) is 91.1 Å². The highest BCUT2D eigenvalue weighted by atomic mass is 14.9. The SMILES string of the molecule is c1ccc(-c2c[nH]c(-c3cccc4c3ccc3ccccc34)n2)cc1. The first-order valence-electron chi connectivity index (χ1n) is 8.42. The minimum absolute atomic E-state index is 0.903. The molecule has 0 bridgehead atoms. The molecule has 0 saturated heterocycles. The zero-order valence-electron chi connectivity index (χ0n) is 13.6. The summed E-state index contributed by atoms with van der Waals surface area (Å²) >= 11 is 0. The van der Waals surface area contributed by atoms with Gasteiger partial charge in [0.05, 0.1) is 5.69 Å². The Balaban J connectivity index is 1.71. The number of nitrogens with one attached hydrogen (secondary N) is 1. The predicted molar refractivity (Wildman–Crippen MR) is 104 cm³/mol. The van der Waals surface area contributed by atoms with Crippen molar-refractivity contribution in [2.45, 2.75) is 0 Å². The van der Waals surface area contributed by atoms with E-state index in [-0.39, 0.29) is 0 Å². The van der Waals surface area contributed by atoms with Crippen molar-refractivity contribution in [3.8, 4) is 22.6 Å². The number of benzene rings is 4. The van der Waals surface area contributed by atoms with Gasteiger partial charge in [-0.15, -0.1) is 0 Å². The Kier molecular flexibility index (Phi) is 3.14. The van der Waals surface area contributed by atoms with E-state index in [1.807, 2.05) is 24.4 Å². The van der Waals surface area contributed by atoms with E-state index in [0.29, 0.717) is 0 Å². The van der Waals surface area contributed by atoms with E-state index in [9.17, 15) is 0 Å². The third-order valence-corrected chi connectivity index (χ3v) is 4.69. The average Bonchev–Trinajstić information content (AvgIpc) is 3.18. The highest BCUT2D eigenvalue weighted by Crippen LogP contribution is 2.32. The summed E-state index contributed by atoms with van der Waals surface area (Å²) in [6.45, 7) is 0. The second-order valence-corrected chi connectivity index (χ2v) is 6.19. The van der Waals surface area contributed by atoms with Crippen molar-refractivity contribution in [3.63, 3.8) is 0 Å². The van der Waals surface area contributed by atoms with Gasteiger partial charge in [-0.25, -0.2) is 4.98 Å². The van der Waals surface area contributed by atoms with Gasteiger partial charge in [-0.3, -0.25) is 0 Å². The number of imidazole rings is 1. The van der Waals surface area contributed by atoms with Gasteiger partial charge in [0.15, 0.2) is 0 Å². The molecule has 2 heteroatoms. The van der Waals surface area contributed by atoms with Crippen LogP contribution in [-0.4, -0.2) is 9.97 Å². The van der Waals surface area contributed by atoms with Gasteiger partial charge < -0.3 is 4.98 Å². The summed E-state index contributed by atoms with van der Waals surface area (Å²) in [6.07, 6.45) is 1.98.